The van der Waals surface area contributed by atoms with Crippen LogP contribution in [0, 0.1) is 23.2 Å². The van der Waals surface area contributed by atoms with Gasteiger partial charge >= 0.3 is 6.09 Å². The third-order valence-electron chi connectivity index (χ3n) is 7.71. The quantitative estimate of drug-likeness (QED) is 0.377. The standard InChI is InChI=1S/C31H35N5O4/c1-31(2,3)40-30(38)36-25-12-7-23(17-25)29(36)28(37)16-21(18-32)15-20-5-10-24(11-6-20)35-19-27(33-34-35)22-8-13-26(39-4)14-9-22/h5-6,8-11,13-14,19,21,23,25,29H,7,12,15-17H2,1-4H3/t21-,23+,25-,29+/m1/s1. The summed E-state index contributed by atoms with van der Waals surface area (Å²) < 4.78 is 12.5. The van der Waals surface area contributed by atoms with Gasteiger partial charge < -0.3 is 9.47 Å². The molecule has 2 aromatic carbocycles. The molecule has 1 aliphatic carbocycles. The molecule has 1 aromatic heterocycles. The fourth-order valence-corrected chi connectivity index (χ4v) is 5.86. The summed E-state index contributed by atoms with van der Waals surface area (Å²) in [6.45, 7) is 5.49. The molecule has 9 nitrogen and oxygen atoms in total. The first-order valence-corrected chi connectivity index (χ1v) is 13.7. The van der Waals surface area contributed by atoms with Crippen molar-refractivity contribution in [3.8, 4) is 28.8 Å². The van der Waals surface area contributed by atoms with E-state index in [-0.39, 0.29) is 24.2 Å². The van der Waals surface area contributed by atoms with Crippen molar-refractivity contribution in [3.05, 3.63) is 60.3 Å². The van der Waals surface area contributed by atoms with Crippen molar-refractivity contribution in [3.63, 3.8) is 0 Å². The van der Waals surface area contributed by atoms with Crippen LogP contribution in [0.25, 0.3) is 16.9 Å². The number of Topliss-reactive ketones (excluding diaryl/α,β-unsaturated/α-hetero) is 1. The number of benzene rings is 2. The van der Waals surface area contributed by atoms with Crippen LogP contribution in [0.3, 0.4) is 0 Å². The molecule has 2 fully saturated rings. The number of piperidine rings is 1. The summed E-state index contributed by atoms with van der Waals surface area (Å²) in [5, 5.41) is 18.4. The van der Waals surface area contributed by atoms with Gasteiger partial charge in [-0.3, -0.25) is 9.69 Å². The molecular formula is C31H35N5O4. The van der Waals surface area contributed by atoms with Crippen molar-refractivity contribution in [1.82, 2.24) is 19.9 Å². The maximum atomic E-state index is 13.4. The van der Waals surface area contributed by atoms with Gasteiger partial charge in [0, 0.05) is 18.0 Å². The molecule has 3 aromatic rings. The molecule has 208 valence electrons. The number of likely N-dealkylation sites (tertiary alicyclic amines) is 1. The van der Waals surface area contributed by atoms with E-state index in [1.807, 2.05) is 75.5 Å². The van der Waals surface area contributed by atoms with Crippen LogP contribution in [0.5, 0.6) is 5.75 Å². The molecule has 0 N–H and O–H groups in total. The third-order valence-corrected chi connectivity index (χ3v) is 7.71. The van der Waals surface area contributed by atoms with Gasteiger partial charge in [-0.05, 0) is 94.3 Å². The normalized spacial score (nSPS) is 20.7. The van der Waals surface area contributed by atoms with E-state index < -0.39 is 23.7 Å². The van der Waals surface area contributed by atoms with Crippen LogP contribution in [0.4, 0.5) is 4.79 Å². The van der Waals surface area contributed by atoms with Crippen molar-refractivity contribution in [2.24, 2.45) is 11.8 Å². The summed E-state index contributed by atoms with van der Waals surface area (Å²) >= 11 is 0. The first-order chi connectivity index (χ1) is 19.1. The molecule has 5 rings (SSSR count). The first-order valence-electron chi connectivity index (χ1n) is 13.7. The van der Waals surface area contributed by atoms with E-state index in [2.05, 4.69) is 16.4 Å². The zero-order valence-corrected chi connectivity index (χ0v) is 23.4. The maximum absolute atomic E-state index is 13.4. The highest BCUT2D eigenvalue weighted by atomic mass is 16.6. The lowest BCUT2D eigenvalue weighted by molar-refractivity contribution is -0.126. The average molecular weight is 542 g/mol. The molecule has 40 heavy (non-hydrogen) atoms. The van der Waals surface area contributed by atoms with E-state index in [0.717, 1.165) is 47.5 Å². The van der Waals surface area contributed by atoms with E-state index in [1.165, 1.54) is 0 Å². The minimum absolute atomic E-state index is 0.0453. The van der Waals surface area contributed by atoms with Crippen LogP contribution < -0.4 is 4.74 Å². The largest absolute Gasteiger partial charge is 0.497 e. The number of ether oxygens (including phenoxy) is 2. The molecule has 0 spiro atoms. The average Bonchev–Trinajstić information content (AvgIpc) is 3.69. The van der Waals surface area contributed by atoms with Gasteiger partial charge in [-0.25, -0.2) is 9.48 Å². The number of nitriles is 1. The zero-order valence-electron chi connectivity index (χ0n) is 23.4. The number of rotatable bonds is 8. The maximum Gasteiger partial charge on any atom is 0.411 e. The molecule has 9 heteroatoms. The van der Waals surface area contributed by atoms with Crippen LogP contribution in [-0.2, 0) is 16.0 Å². The highest BCUT2D eigenvalue weighted by Gasteiger charge is 2.52. The second-order valence-electron chi connectivity index (χ2n) is 11.7. The second-order valence-corrected chi connectivity index (χ2v) is 11.7. The number of fused-ring (bicyclic) bond motifs is 2. The van der Waals surface area contributed by atoms with E-state index in [0.29, 0.717) is 6.42 Å². The number of carbonyl (C=O) groups excluding carboxylic acids is 2. The van der Waals surface area contributed by atoms with Gasteiger partial charge in [0.2, 0.25) is 0 Å². The van der Waals surface area contributed by atoms with Crippen LogP contribution >= 0.6 is 0 Å². The molecule has 1 amide bonds. The predicted molar refractivity (Wildman–Crippen MR) is 149 cm³/mol. The molecule has 2 bridgehead atoms. The van der Waals surface area contributed by atoms with Crippen LogP contribution in [0.15, 0.2) is 54.7 Å². The van der Waals surface area contributed by atoms with Gasteiger partial charge in [0.05, 0.1) is 37.0 Å². The van der Waals surface area contributed by atoms with Gasteiger partial charge in [0.15, 0.2) is 5.78 Å². The number of aromatic nitrogens is 3. The Labute approximate surface area is 234 Å². The zero-order chi connectivity index (χ0) is 28.4. The van der Waals surface area contributed by atoms with Crippen LogP contribution in [-0.4, -0.2) is 56.6 Å². The van der Waals surface area contributed by atoms with E-state index in [1.54, 1.807) is 16.7 Å². The SMILES string of the molecule is COc1ccc(-c2cn(-c3ccc(C[C@@H](C#N)CC(=O)[C@@H]4[C@H]5CC[C@H](C5)N4C(=O)OC(C)(C)C)cc3)nn2)cc1. The molecule has 1 saturated heterocycles. The lowest BCUT2D eigenvalue weighted by atomic mass is 9.88. The fraction of sp³-hybridized carbons (Fsp3) is 0.452. The van der Waals surface area contributed by atoms with Crippen LogP contribution in [0.2, 0.25) is 0 Å². The minimum Gasteiger partial charge on any atom is -0.497 e. The number of ketones is 1. The monoisotopic (exact) mass is 541 g/mol. The Morgan fingerprint density at radius 1 is 1.10 bits per heavy atom. The molecule has 2 aliphatic rings. The Kier molecular flexibility index (Phi) is 7.61. The van der Waals surface area contributed by atoms with Crippen molar-refractivity contribution < 1.29 is 19.1 Å². The Morgan fingerprint density at radius 3 is 2.48 bits per heavy atom. The number of nitrogens with zero attached hydrogens (tertiary/aromatic N) is 5. The predicted octanol–water partition coefficient (Wildman–Crippen LogP) is 5.37. The highest BCUT2D eigenvalue weighted by molar-refractivity contribution is 5.89. The first kappa shape index (κ1) is 27.4. The summed E-state index contributed by atoms with van der Waals surface area (Å²) in [7, 11) is 1.63. The molecule has 1 aliphatic heterocycles. The van der Waals surface area contributed by atoms with Gasteiger partial charge in [0.1, 0.15) is 17.0 Å². The molecule has 2 heterocycles. The number of hydrogen-bond acceptors (Lipinski definition) is 7. The van der Waals surface area contributed by atoms with Crippen molar-refractivity contribution in [1.29, 1.82) is 5.26 Å². The summed E-state index contributed by atoms with van der Waals surface area (Å²) in [5.74, 6) is 0.398. The number of hydrogen-bond donors (Lipinski definition) is 0. The highest BCUT2D eigenvalue weighted by Crippen LogP contribution is 2.44. The summed E-state index contributed by atoms with van der Waals surface area (Å²) in [4.78, 5) is 28.0. The number of amides is 1. The van der Waals surface area contributed by atoms with Crippen molar-refractivity contribution >= 4 is 11.9 Å². The Hall–Kier alpha value is -4.19. The molecular weight excluding hydrogens is 506 g/mol. The van der Waals surface area contributed by atoms with E-state index in [9.17, 15) is 14.9 Å². The van der Waals surface area contributed by atoms with Crippen molar-refractivity contribution in [2.75, 3.05) is 7.11 Å². The lowest BCUT2D eigenvalue weighted by Gasteiger charge is -2.35. The molecule has 1 saturated carbocycles. The van der Waals surface area contributed by atoms with Crippen LogP contribution in [0.1, 0.15) is 52.0 Å². The van der Waals surface area contributed by atoms with Crippen molar-refractivity contribution in [2.45, 2.75) is 70.6 Å². The van der Waals surface area contributed by atoms with Gasteiger partial charge in [-0.2, -0.15) is 5.26 Å². The van der Waals surface area contributed by atoms with Gasteiger partial charge in [-0.15, -0.1) is 5.10 Å². The molecule has 0 unspecified atom stereocenters. The summed E-state index contributed by atoms with van der Waals surface area (Å²) in [5.41, 5.74) is 2.85. The molecule has 0 radical (unpaired) electrons. The Balaban J connectivity index is 1.22. The third kappa shape index (κ3) is 5.86. The summed E-state index contributed by atoms with van der Waals surface area (Å²) in [6, 6.07) is 17.2. The summed E-state index contributed by atoms with van der Waals surface area (Å²) in [6.07, 6.45) is 4.65. The van der Waals surface area contributed by atoms with Gasteiger partial charge in [0.25, 0.3) is 0 Å². The lowest BCUT2D eigenvalue weighted by Crippen LogP contribution is -2.51. The smallest absolute Gasteiger partial charge is 0.411 e. The molecule has 4 atom stereocenters. The number of methoxy groups -OCH3 is 1. The topological polar surface area (TPSA) is 110 Å². The van der Waals surface area contributed by atoms with Gasteiger partial charge in [-0.1, -0.05) is 17.3 Å². The number of carbonyl (C=O) groups is 2. The second kappa shape index (κ2) is 11.1. The van der Waals surface area contributed by atoms with E-state index >= 15 is 0 Å². The Bertz CT molecular complexity index is 1400. The van der Waals surface area contributed by atoms with E-state index in [4.69, 9.17) is 9.47 Å². The minimum atomic E-state index is -0.628. The fourth-order valence-electron chi connectivity index (χ4n) is 5.86. The Morgan fingerprint density at radius 2 is 1.82 bits per heavy atom.